The molecule has 0 saturated heterocycles. The summed E-state index contributed by atoms with van der Waals surface area (Å²) in [6.45, 7) is 14.0. The van der Waals surface area contributed by atoms with Gasteiger partial charge in [0, 0.05) is 11.7 Å². The van der Waals surface area contributed by atoms with Gasteiger partial charge in [0.15, 0.2) is 0 Å². The van der Waals surface area contributed by atoms with Crippen LogP contribution in [0.3, 0.4) is 0 Å². The highest BCUT2D eigenvalue weighted by Gasteiger charge is 2.36. The number of hydrogen-bond donors (Lipinski definition) is 0. The van der Waals surface area contributed by atoms with E-state index in [1.165, 1.54) is 5.70 Å². The van der Waals surface area contributed by atoms with Gasteiger partial charge in [-0.2, -0.15) is 0 Å². The van der Waals surface area contributed by atoms with Gasteiger partial charge in [0.25, 0.3) is 0 Å². The quantitative estimate of drug-likeness (QED) is 0.546. The highest BCUT2D eigenvalue weighted by atomic mass is 28.3. The third-order valence-corrected chi connectivity index (χ3v) is 4.84. The van der Waals surface area contributed by atoms with Gasteiger partial charge in [0.05, 0.1) is 0 Å². The minimum Gasteiger partial charge on any atom is -0.395 e. The Morgan fingerprint density at radius 2 is 1.64 bits per heavy atom. The van der Waals surface area contributed by atoms with E-state index in [0.717, 1.165) is 0 Å². The van der Waals surface area contributed by atoms with Gasteiger partial charge in [-0.05, 0) is 26.3 Å². The van der Waals surface area contributed by atoms with E-state index >= 15 is 0 Å². The second-order valence-corrected chi connectivity index (χ2v) is 9.31. The molecule has 0 aliphatic carbocycles. The van der Waals surface area contributed by atoms with Gasteiger partial charge in [-0.15, -0.1) is 0 Å². The fourth-order valence-electron chi connectivity index (χ4n) is 1.99. The second kappa shape index (κ2) is 2.37. The minimum absolute atomic E-state index is 0.710. The van der Waals surface area contributed by atoms with Crippen LogP contribution >= 0.6 is 0 Å². The Balaban J connectivity index is 2.83. The summed E-state index contributed by atoms with van der Waals surface area (Å²) in [4.78, 5) is 0. The van der Waals surface area contributed by atoms with Crippen LogP contribution in [0.4, 0.5) is 0 Å². The fourth-order valence-corrected chi connectivity index (χ4v) is 4.53. The molecule has 0 saturated carbocycles. The largest absolute Gasteiger partial charge is 0.395 e. The molecule has 1 aliphatic rings. The van der Waals surface area contributed by atoms with Crippen molar-refractivity contribution in [3.8, 4) is 0 Å². The SMILES string of the molecule is CC1=C(C)N([Si](C)(C)C)C1C. The predicted octanol–water partition coefficient (Wildman–Crippen LogP) is 2.82. The minimum atomic E-state index is -1.07. The molecule has 1 heterocycles. The van der Waals surface area contributed by atoms with Gasteiger partial charge in [0.1, 0.15) is 8.24 Å². The van der Waals surface area contributed by atoms with Crippen LogP contribution in [0, 0.1) is 0 Å². The molecule has 0 radical (unpaired) electrons. The molecule has 1 unspecified atom stereocenters. The lowest BCUT2D eigenvalue weighted by molar-refractivity contribution is 0.372. The molecule has 0 bridgehead atoms. The average Bonchev–Trinajstić information content (AvgIpc) is 1.85. The van der Waals surface area contributed by atoms with Crippen LogP contribution in [0.25, 0.3) is 0 Å². The number of allylic oxidation sites excluding steroid dienone is 1. The van der Waals surface area contributed by atoms with Crippen molar-refractivity contribution in [2.75, 3.05) is 0 Å². The van der Waals surface area contributed by atoms with Gasteiger partial charge in [-0.3, -0.25) is 0 Å². The molecule has 0 amide bonds. The summed E-state index contributed by atoms with van der Waals surface area (Å²) >= 11 is 0. The molecule has 0 N–H and O–H groups in total. The van der Waals surface area contributed by atoms with Gasteiger partial charge >= 0.3 is 0 Å². The molecule has 1 aliphatic heterocycles. The van der Waals surface area contributed by atoms with E-state index in [4.69, 9.17) is 0 Å². The molecule has 0 fully saturated rings. The lowest BCUT2D eigenvalue weighted by Crippen LogP contribution is -2.56. The van der Waals surface area contributed by atoms with Crippen LogP contribution < -0.4 is 0 Å². The smallest absolute Gasteiger partial charge is 0.147 e. The fraction of sp³-hybridized carbons (Fsp3) is 0.778. The van der Waals surface area contributed by atoms with Crippen LogP contribution in [0.2, 0.25) is 19.6 Å². The Bertz CT molecular complexity index is 200. The lowest BCUT2D eigenvalue weighted by atomic mass is 10.0. The molecular weight excluding hydrogens is 150 g/mol. The van der Waals surface area contributed by atoms with E-state index < -0.39 is 8.24 Å². The molecule has 0 aromatic carbocycles. The summed E-state index contributed by atoms with van der Waals surface area (Å²) < 4.78 is 2.61. The van der Waals surface area contributed by atoms with E-state index in [2.05, 4.69) is 45.0 Å². The molecule has 64 valence electrons. The molecule has 2 heteroatoms. The molecule has 0 aromatic heterocycles. The Kier molecular flexibility index (Phi) is 1.91. The Morgan fingerprint density at radius 1 is 1.18 bits per heavy atom. The van der Waals surface area contributed by atoms with Crippen LogP contribution in [-0.4, -0.2) is 18.8 Å². The summed E-state index contributed by atoms with van der Waals surface area (Å²) in [6.07, 6.45) is 0. The molecule has 1 atom stereocenters. The van der Waals surface area contributed by atoms with Crippen molar-refractivity contribution in [2.24, 2.45) is 0 Å². The van der Waals surface area contributed by atoms with Crippen molar-refractivity contribution in [3.05, 3.63) is 11.3 Å². The van der Waals surface area contributed by atoms with Crippen molar-refractivity contribution < 1.29 is 0 Å². The molecule has 0 aromatic rings. The Labute approximate surface area is 71.2 Å². The van der Waals surface area contributed by atoms with Crippen LogP contribution in [0.15, 0.2) is 11.3 Å². The van der Waals surface area contributed by atoms with Gasteiger partial charge in [0.2, 0.25) is 0 Å². The molecule has 1 nitrogen and oxygen atoms in total. The zero-order valence-electron chi connectivity index (χ0n) is 8.52. The summed E-state index contributed by atoms with van der Waals surface area (Å²) in [5.41, 5.74) is 3.10. The van der Waals surface area contributed by atoms with Gasteiger partial charge in [-0.1, -0.05) is 19.6 Å². The van der Waals surface area contributed by atoms with Crippen molar-refractivity contribution in [3.63, 3.8) is 0 Å². The molecule has 11 heavy (non-hydrogen) atoms. The number of hydrogen-bond acceptors (Lipinski definition) is 1. The first kappa shape index (κ1) is 8.85. The van der Waals surface area contributed by atoms with Crippen molar-refractivity contribution in [2.45, 2.75) is 46.5 Å². The molecule has 0 spiro atoms. The number of nitrogens with zero attached hydrogens (tertiary/aromatic N) is 1. The zero-order valence-corrected chi connectivity index (χ0v) is 9.52. The zero-order chi connectivity index (χ0) is 8.81. The first-order chi connectivity index (χ1) is 4.85. The van der Waals surface area contributed by atoms with Crippen molar-refractivity contribution in [1.29, 1.82) is 0 Å². The van der Waals surface area contributed by atoms with E-state index in [1.54, 1.807) is 5.57 Å². The van der Waals surface area contributed by atoms with Crippen LogP contribution in [0.5, 0.6) is 0 Å². The normalized spacial score (nSPS) is 25.6. The molecular formula is C9H19NSi. The maximum absolute atomic E-state index is 2.61. The maximum Gasteiger partial charge on any atom is 0.147 e. The lowest BCUT2D eigenvalue weighted by Gasteiger charge is -2.51. The standard InChI is InChI=1S/C9H19NSi/c1-7-8(2)10(9(7)3)11(4,5)6/h8H,1-6H3. The third kappa shape index (κ3) is 1.24. The summed E-state index contributed by atoms with van der Waals surface area (Å²) in [6, 6.07) is 0.710. The monoisotopic (exact) mass is 169 g/mol. The number of rotatable bonds is 1. The van der Waals surface area contributed by atoms with E-state index in [0.29, 0.717) is 6.04 Å². The van der Waals surface area contributed by atoms with Gasteiger partial charge in [-0.25, -0.2) is 0 Å². The first-order valence-corrected chi connectivity index (χ1v) is 7.77. The summed E-state index contributed by atoms with van der Waals surface area (Å²) in [5.74, 6) is 0. The van der Waals surface area contributed by atoms with Gasteiger partial charge < -0.3 is 4.57 Å². The van der Waals surface area contributed by atoms with E-state index in [1.807, 2.05) is 0 Å². The van der Waals surface area contributed by atoms with Crippen molar-refractivity contribution >= 4 is 8.24 Å². The second-order valence-electron chi connectivity index (χ2n) is 4.49. The Hall–Kier alpha value is -0.243. The first-order valence-electron chi connectivity index (χ1n) is 4.32. The van der Waals surface area contributed by atoms with Crippen LogP contribution in [-0.2, 0) is 0 Å². The highest BCUT2D eigenvalue weighted by molar-refractivity contribution is 6.74. The maximum atomic E-state index is 2.61. The van der Waals surface area contributed by atoms with E-state index in [-0.39, 0.29) is 0 Å². The predicted molar refractivity (Wildman–Crippen MR) is 53.0 cm³/mol. The van der Waals surface area contributed by atoms with Crippen LogP contribution in [0.1, 0.15) is 20.8 Å². The highest BCUT2D eigenvalue weighted by Crippen LogP contribution is 2.34. The third-order valence-electron chi connectivity index (χ3n) is 2.67. The summed E-state index contributed by atoms with van der Waals surface area (Å²) in [5, 5.41) is 0. The molecule has 1 rings (SSSR count). The topological polar surface area (TPSA) is 3.24 Å². The summed E-state index contributed by atoms with van der Waals surface area (Å²) in [7, 11) is -1.07. The van der Waals surface area contributed by atoms with E-state index in [9.17, 15) is 0 Å². The average molecular weight is 169 g/mol. The Morgan fingerprint density at radius 3 is 1.82 bits per heavy atom. The van der Waals surface area contributed by atoms with Crippen molar-refractivity contribution in [1.82, 2.24) is 4.57 Å².